The number of benzene rings is 1. The van der Waals surface area contributed by atoms with Gasteiger partial charge >= 0.3 is 0 Å². The molecule has 152 valence electrons. The van der Waals surface area contributed by atoms with Gasteiger partial charge in [-0.1, -0.05) is 17.8 Å². The van der Waals surface area contributed by atoms with Crippen LogP contribution in [0.5, 0.6) is 0 Å². The van der Waals surface area contributed by atoms with Crippen molar-refractivity contribution in [1.29, 1.82) is 0 Å². The van der Waals surface area contributed by atoms with Gasteiger partial charge in [-0.2, -0.15) is 0 Å². The number of carbonyl (C=O) groups excluding carboxylic acids is 1. The number of nitrogens with zero attached hydrogens (tertiary/aromatic N) is 5. The monoisotopic (exact) mass is 419 g/mol. The molecule has 3 aromatic heterocycles. The van der Waals surface area contributed by atoms with E-state index in [1.165, 1.54) is 17.3 Å². The van der Waals surface area contributed by atoms with Crippen molar-refractivity contribution >= 4 is 17.5 Å². The lowest BCUT2D eigenvalue weighted by Gasteiger charge is -2.10. The van der Waals surface area contributed by atoms with Crippen molar-refractivity contribution in [2.45, 2.75) is 32.5 Å². The summed E-state index contributed by atoms with van der Waals surface area (Å²) in [5.41, 5.74) is 4.64. The summed E-state index contributed by atoms with van der Waals surface area (Å²) in [6.07, 6.45) is 6.48. The van der Waals surface area contributed by atoms with E-state index in [2.05, 4.69) is 33.2 Å². The second kappa shape index (κ2) is 8.62. The van der Waals surface area contributed by atoms with Gasteiger partial charge in [0.2, 0.25) is 0 Å². The van der Waals surface area contributed by atoms with E-state index in [-0.39, 0.29) is 11.5 Å². The molecule has 0 spiro atoms. The Kier molecular flexibility index (Phi) is 5.76. The predicted molar refractivity (Wildman–Crippen MR) is 115 cm³/mol. The number of carbonyl (C=O) groups is 1. The quantitative estimate of drug-likeness (QED) is 0.326. The average molecular weight is 420 g/mol. The molecule has 4 rings (SSSR count). The fraction of sp³-hybridized carbons (Fsp3) is 0.227. The Morgan fingerprint density at radius 1 is 1.10 bits per heavy atom. The molecule has 30 heavy (non-hydrogen) atoms. The van der Waals surface area contributed by atoms with Crippen LogP contribution >= 0.6 is 11.8 Å². The summed E-state index contributed by atoms with van der Waals surface area (Å²) in [7, 11) is 0. The molecule has 7 nitrogen and oxygen atoms in total. The van der Waals surface area contributed by atoms with Crippen LogP contribution in [-0.4, -0.2) is 36.3 Å². The van der Waals surface area contributed by atoms with Crippen molar-refractivity contribution in [3.05, 3.63) is 77.1 Å². The fourth-order valence-corrected chi connectivity index (χ4v) is 3.99. The summed E-state index contributed by atoms with van der Waals surface area (Å²) >= 11 is 1.36. The van der Waals surface area contributed by atoms with E-state index in [9.17, 15) is 4.79 Å². The van der Waals surface area contributed by atoms with Crippen LogP contribution in [0.4, 0.5) is 0 Å². The van der Waals surface area contributed by atoms with Crippen LogP contribution in [0.2, 0.25) is 0 Å². The first-order valence-electron chi connectivity index (χ1n) is 9.48. The molecule has 0 bridgehead atoms. The summed E-state index contributed by atoms with van der Waals surface area (Å²) in [5, 5.41) is 9.23. The van der Waals surface area contributed by atoms with E-state index in [1.54, 1.807) is 24.9 Å². The minimum atomic E-state index is 0.0641. The lowest BCUT2D eigenvalue weighted by Crippen LogP contribution is -2.08. The summed E-state index contributed by atoms with van der Waals surface area (Å²) in [5.74, 6) is 1.67. The number of rotatable bonds is 7. The van der Waals surface area contributed by atoms with Gasteiger partial charge in [0.15, 0.2) is 16.8 Å². The Balaban J connectivity index is 1.60. The molecule has 0 aliphatic heterocycles. The third-order valence-corrected chi connectivity index (χ3v) is 5.84. The second-order valence-corrected chi connectivity index (χ2v) is 7.97. The minimum Gasteiger partial charge on any atom is -0.467 e. The van der Waals surface area contributed by atoms with Gasteiger partial charge in [-0.05, 0) is 55.7 Å². The van der Waals surface area contributed by atoms with Crippen LogP contribution in [0.25, 0.3) is 11.5 Å². The fourth-order valence-electron chi connectivity index (χ4n) is 3.17. The highest BCUT2D eigenvalue weighted by Crippen LogP contribution is 2.25. The number of thioether (sulfide) groups is 1. The molecule has 0 amide bonds. The predicted octanol–water partition coefficient (Wildman–Crippen LogP) is 4.28. The molecular weight excluding hydrogens is 398 g/mol. The summed E-state index contributed by atoms with van der Waals surface area (Å²) in [6.45, 7) is 6.48. The largest absolute Gasteiger partial charge is 0.467 e. The van der Waals surface area contributed by atoms with Crippen LogP contribution in [-0.2, 0) is 6.54 Å². The van der Waals surface area contributed by atoms with Gasteiger partial charge < -0.3 is 4.42 Å². The maximum Gasteiger partial charge on any atom is 0.192 e. The van der Waals surface area contributed by atoms with Crippen LogP contribution in [0.15, 0.2) is 58.7 Å². The maximum atomic E-state index is 12.9. The highest BCUT2D eigenvalue weighted by atomic mass is 32.2. The molecule has 0 saturated carbocycles. The number of ketones is 1. The van der Waals surface area contributed by atoms with Crippen molar-refractivity contribution in [2.75, 3.05) is 5.75 Å². The lowest BCUT2D eigenvalue weighted by molar-refractivity contribution is 0.102. The highest BCUT2D eigenvalue weighted by Gasteiger charge is 2.19. The smallest absolute Gasteiger partial charge is 0.192 e. The summed E-state index contributed by atoms with van der Waals surface area (Å²) in [6, 6.07) is 7.74. The molecule has 0 aliphatic carbocycles. The summed E-state index contributed by atoms with van der Waals surface area (Å²) < 4.78 is 7.40. The SMILES string of the molecule is Cc1cc(C)c(C(=O)CSc2nnc(-c3cnccn3)n2Cc2ccco2)cc1C. The Hall–Kier alpha value is -3.26. The molecule has 0 atom stereocenters. The number of aryl methyl sites for hydroxylation is 3. The van der Waals surface area contributed by atoms with Crippen molar-refractivity contribution in [3.63, 3.8) is 0 Å². The number of aromatic nitrogens is 5. The first-order valence-corrected chi connectivity index (χ1v) is 10.5. The molecule has 0 aliphatic rings. The molecule has 4 aromatic rings. The van der Waals surface area contributed by atoms with Gasteiger partial charge in [-0.3, -0.25) is 14.3 Å². The molecule has 0 fully saturated rings. The van der Waals surface area contributed by atoms with Gasteiger partial charge in [0.1, 0.15) is 11.5 Å². The van der Waals surface area contributed by atoms with E-state index in [1.807, 2.05) is 36.6 Å². The van der Waals surface area contributed by atoms with Crippen LogP contribution in [0.3, 0.4) is 0 Å². The second-order valence-electron chi connectivity index (χ2n) is 7.03. The van der Waals surface area contributed by atoms with E-state index in [0.717, 1.165) is 22.5 Å². The molecule has 3 heterocycles. The van der Waals surface area contributed by atoms with Crippen LogP contribution in [0.1, 0.15) is 32.8 Å². The standard InChI is InChI=1S/C22H21N5O2S/c1-14-9-16(3)18(10-15(14)2)20(28)13-30-22-26-25-21(19-11-23-6-7-24-19)27(22)12-17-5-4-8-29-17/h4-11H,12-13H2,1-3H3. The zero-order valence-electron chi connectivity index (χ0n) is 17.0. The third-order valence-electron chi connectivity index (χ3n) is 4.88. The molecule has 0 unspecified atom stereocenters. The van der Waals surface area contributed by atoms with Crippen molar-refractivity contribution < 1.29 is 9.21 Å². The molecule has 0 N–H and O–H groups in total. The van der Waals surface area contributed by atoms with Gasteiger partial charge in [-0.25, -0.2) is 4.98 Å². The van der Waals surface area contributed by atoms with Gasteiger partial charge in [0, 0.05) is 18.0 Å². The number of hydrogen-bond donors (Lipinski definition) is 0. The van der Waals surface area contributed by atoms with Crippen LogP contribution in [0, 0.1) is 20.8 Å². The molecule has 1 aromatic carbocycles. The molecular formula is C22H21N5O2S. The van der Waals surface area contributed by atoms with Crippen molar-refractivity contribution in [1.82, 2.24) is 24.7 Å². The Morgan fingerprint density at radius 2 is 1.93 bits per heavy atom. The Labute approximate surface area is 178 Å². The van der Waals surface area contributed by atoms with E-state index < -0.39 is 0 Å². The highest BCUT2D eigenvalue weighted by molar-refractivity contribution is 7.99. The molecule has 8 heteroatoms. The van der Waals surface area contributed by atoms with E-state index in [4.69, 9.17) is 4.42 Å². The van der Waals surface area contributed by atoms with E-state index in [0.29, 0.717) is 23.2 Å². The van der Waals surface area contributed by atoms with Crippen molar-refractivity contribution in [3.8, 4) is 11.5 Å². The van der Waals surface area contributed by atoms with Crippen LogP contribution < -0.4 is 0 Å². The summed E-state index contributed by atoms with van der Waals surface area (Å²) in [4.78, 5) is 21.3. The first kappa shape index (κ1) is 20.0. The Bertz CT molecular complexity index is 1170. The number of Topliss-reactive ketones (excluding diaryl/α,β-unsaturated/α-hetero) is 1. The topological polar surface area (TPSA) is 86.7 Å². The lowest BCUT2D eigenvalue weighted by atomic mass is 9.99. The van der Waals surface area contributed by atoms with Gasteiger partial charge in [0.25, 0.3) is 0 Å². The molecule has 0 radical (unpaired) electrons. The first-order chi connectivity index (χ1) is 14.5. The Morgan fingerprint density at radius 3 is 2.67 bits per heavy atom. The third kappa shape index (κ3) is 4.18. The van der Waals surface area contributed by atoms with Gasteiger partial charge in [-0.15, -0.1) is 10.2 Å². The average Bonchev–Trinajstić information content (AvgIpc) is 3.40. The van der Waals surface area contributed by atoms with E-state index >= 15 is 0 Å². The van der Waals surface area contributed by atoms with Gasteiger partial charge in [0.05, 0.1) is 24.8 Å². The zero-order valence-corrected chi connectivity index (χ0v) is 17.8. The number of furan rings is 1. The maximum absolute atomic E-state index is 12.9. The minimum absolute atomic E-state index is 0.0641. The number of hydrogen-bond acceptors (Lipinski definition) is 7. The zero-order chi connectivity index (χ0) is 21.1. The van der Waals surface area contributed by atoms with Crippen molar-refractivity contribution in [2.24, 2.45) is 0 Å². The molecule has 0 saturated heterocycles. The normalized spacial score (nSPS) is 11.0.